The molecule has 1 aromatic heterocycles. The molecule has 2 fully saturated rings. The number of carbonyl (C=O) groups is 1. The van der Waals surface area contributed by atoms with Gasteiger partial charge in [0.1, 0.15) is 5.69 Å². The Morgan fingerprint density at radius 2 is 1.68 bits per heavy atom. The highest BCUT2D eigenvalue weighted by atomic mass is 19.3. The van der Waals surface area contributed by atoms with Gasteiger partial charge in [-0.15, -0.1) is 0 Å². The van der Waals surface area contributed by atoms with Crippen LogP contribution >= 0.6 is 0 Å². The topological polar surface area (TPSA) is 51.7 Å². The van der Waals surface area contributed by atoms with Crippen LogP contribution in [0.15, 0.2) is 18.3 Å². The van der Waals surface area contributed by atoms with Crippen molar-refractivity contribution in [3.05, 3.63) is 24.0 Å². The number of rotatable bonds is 2. The van der Waals surface area contributed by atoms with E-state index < -0.39 is 24.2 Å². The first-order valence-corrected chi connectivity index (χ1v) is 8.49. The SMILES string of the molecule is CC1(C)OB(c2ccc(C(=O)N3CCC(F)(F)CC3)nc2)OC1(C)C. The van der Waals surface area contributed by atoms with Crippen molar-refractivity contribution in [3.63, 3.8) is 0 Å². The van der Waals surface area contributed by atoms with Crippen LogP contribution in [-0.2, 0) is 9.31 Å². The van der Waals surface area contributed by atoms with Gasteiger partial charge in [0.05, 0.1) is 11.2 Å². The first kappa shape index (κ1) is 18.3. The van der Waals surface area contributed by atoms with E-state index >= 15 is 0 Å². The van der Waals surface area contributed by atoms with E-state index in [4.69, 9.17) is 9.31 Å². The molecular formula is C17H23BF2N2O3. The zero-order valence-corrected chi connectivity index (χ0v) is 15.0. The molecule has 1 aromatic rings. The third-order valence-electron chi connectivity index (χ3n) is 5.31. The minimum absolute atomic E-state index is 0.0481. The van der Waals surface area contributed by atoms with Gasteiger partial charge in [-0.1, -0.05) is 6.07 Å². The summed E-state index contributed by atoms with van der Waals surface area (Å²) in [6.07, 6.45) is 0.948. The molecular weight excluding hydrogens is 329 g/mol. The molecule has 2 saturated heterocycles. The van der Waals surface area contributed by atoms with E-state index in [1.165, 1.54) is 4.90 Å². The quantitative estimate of drug-likeness (QED) is 0.767. The fourth-order valence-electron chi connectivity index (χ4n) is 2.85. The molecule has 8 heteroatoms. The Morgan fingerprint density at radius 3 is 2.16 bits per heavy atom. The molecule has 0 unspecified atom stereocenters. The lowest BCUT2D eigenvalue weighted by atomic mass is 9.80. The van der Waals surface area contributed by atoms with Crippen LogP contribution < -0.4 is 5.46 Å². The van der Waals surface area contributed by atoms with Gasteiger partial charge in [-0.05, 0) is 33.8 Å². The van der Waals surface area contributed by atoms with Crippen molar-refractivity contribution in [1.29, 1.82) is 0 Å². The average Bonchev–Trinajstić information content (AvgIpc) is 2.75. The number of carbonyl (C=O) groups excluding carboxylic acids is 1. The number of hydrogen-bond donors (Lipinski definition) is 0. The maximum Gasteiger partial charge on any atom is 0.496 e. The predicted molar refractivity (Wildman–Crippen MR) is 90.0 cm³/mol. The zero-order chi connectivity index (χ0) is 18.5. The van der Waals surface area contributed by atoms with E-state index in [9.17, 15) is 13.6 Å². The second kappa shape index (κ2) is 6.02. The number of likely N-dealkylation sites (tertiary alicyclic amines) is 1. The van der Waals surface area contributed by atoms with Crippen molar-refractivity contribution in [2.75, 3.05) is 13.1 Å². The Kier molecular flexibility index (Phi) is 4.40. The summed E-state index contributed by atoms with van der Waals surface area (Å²) in [5, 5.41) is 0. The summed E-state index contributed by atoms with van der Waals surface area (Å²) in [5.41, 5.74) is 0.0574. The van der Waals surface area contributed by atoms with Crippen LogP contribution in [0, 0.1) is 0 Å². The summed E-state index contributed by atoms with van der Waals surface area (Å²) in [6, 6.07) is 3.33. The summed E-state index contributed by atoms with van der Waals surface area (Å²) in [4.78, 5) is 18.0. The molecule has 0 saturated carbocycles. The molecule has 0 aliphatic carbocycles. The van der Waals surface area contributed by atoms with Gasteiger partial charge in [0.15, 0.2) is 0 Å². The van der Waals surface area contributed by atoms with Gasteiger partial charge in [-0.2, -0.15) is 0 Å². The van der Waals surface area contributed by atoms with Gasteiger partial charge in [-0.3, -0.25) is 9.78 Å². The van der Waals surface area contributed by atoms with Gasteiger partial charge < -0.3 is 14.2 Å². The Balaban J connectivity index is 1.68. The molecule has 25 heavy (non-hydrogen) atoms. The Morgan fingerprint density at radius 1 is 1.12 bits per heavy atom. The molecule has 3 rings (SSSR count). The number of nitrogens with zero attached hydrogens (tertiary/aromatic N) is 2. The highest BCUT2D eigenvalue weighted by Crippen LogP contribution is 2.36. The third-order valence-corrected chi connectivity index (χ3v) is 5.31. The lowest BCUT2D eigenvalue weighted by Gasteiger charge is -2.32. The molecule has 2 aliphatic heterocycles. The highest BCUT2D eigenvalue weighted by Gasteiger charge is 2.51. The smallest absolute Gasteiger partial charge is 0.399 e. The summed E-state index contributed by atoms with van der Waals surface area (Å²) < 4.78 is 38.3. The molecule has 0 atom stereocenters. The summed E-state index contributed by atoms with van der Waals surface area (Å²) >= 11 is 0. The van der Waals surface area contributed by atoms with E-state index in [-0.39, 0.29) is 37.5 Å². The number of alkyl halides is 2. The molecule has 136 valence electrons. The van der Waals surface area contributed by atoms with E-state index in [0.29, 0.717) is 0 Å². The van der Waals surface area contributed by atoms with Crippen LogP contribution in [-0.4, -0.2) is 53.1 Å². The Hall–Kier alpha value is -1.54. The second-order valence-electron chi connectivity index (χ2n) is 7.71. The summed E-state index contributed by atoms with van der Waals surface area (Å²) in [6.45, 7) is 7.95. The van der Waals surface area contributed by atoms with Crippen molar-refractivity contribution >= 4 is 18.5 Å². The Bertz CT molecular complexity index is 638. The van der Waals surface area contributed by atoms with Gasteiger partial charge in [-0.25, -0.2) is 8.78 Å². The van der Waals surface area contributed by atoms with Crippen LogP contribution in [0.3, 0.4) is 0 Å². The van der Waals surface area contributed by atoms with E-state index in [2.05, 4.69) is 4.98 Å². The molecule has 3 heterocycles. The molecule has 0 bridgehead atoms. The van der Waals surface area contributed by atoms with E-state index in [0.717, 1.165) is 5.46 Å². The average molecular weight is 352 g/mol. The fraction of sp³-hybridized carbons (Fsp3) is 0.647. The molecule has 5 nitrogen and oxygen atoms in total. The lowest BCUT2D eigenvalue weighted by Crippen LogP contribution is -2.43. The predicted octanol–water partition coefficient (Wildman–Crippen LogP) is 2.25. The van der Waals surface area contributed by atoms with Gasteiger partial charge in [0.25, 0.3) is 11.8 Å². The van der Waals surface area contributed by atoms with Crippen LogP contribution in [0.4, 0.5) is 8.78 Å². The third kappa shape index (κ3) is 3.55. The number of amides is 1. The number of pyridine rings is 1. The van der Waals surface area contributed by atoms with E-state index in [1.54, 1.807) is 18.3 Å². The maximum atomic E-state index is 13.2. The standard InChI is InChI=1S/C17H23BF2N2O3/c1-15(2)16(3,4)25-18(24-15)12-5-6-13(21-11-12)14(23)22-9-7-17(19,20)8-10-22/h5-6,11H,7-10H2,1-4H3. The fourth-order valence-corrected chi connectivity index (χ4v) is 2.85. The zero-order valence-electron chi connectivity index (χ0n) is 15.0. The van der Waals surface area contributed by atoms with Gasteiger partial charge in [0.2, 0.25) is 0 Å². The molecule has 2 aliphatic rings. The van der Waals surface area contributed by atoms with Crippen molar-refractivity contribution in [3.8, 4) is 0 Å². The largest absolute Gasteiger partial charge is 0.496 e. The van der Waals surface area contributed by atoms with Crippen LogP contribution in [0.5, 0.6) is 0 Å². The minimum Gasteiger partial charge on any atom is -0.399 e. The summed E-state index contributed by atoms with van der Waals surface area (Å²) in [7, 11) is -0.546. The number of piperidine rings is 1. The number of aromatic nitrogens is 1. The van der Waals surface area contributed by atoms with Crippen molar-refractivity contribution in [2.45, 2.75) is 57.7 Å². The molecule has 0 N–H and O–H groups in total. The van der Waals surface area contributed by atoms with Crippen molar-refractivity contribution in [2.24, 2.45) is 0 Å². The normalized spacial score (nSPS) is 24.4. The molecule has 0 aromatic carbocycles. The minimum atomic E-state index is -2.68. The first-order valence-electron chi connectivity index (χ1n) is 8.49. The summed E-state index contributed by atoms with van der Waals surface area (Å²) in [5.74, 6) is -3.00. The van der Waals surface area contributed by atoms with Crippen LogP contribution in [0.25, 0.3) is 0 Å². The van der Waals surface area contributed by atoms with Crippen molar-refractivity contribution < 1.29 is 22.9 Å². The van der Waals surface area contributed by atoms with Gasteiger partial charge in [0, 0.05) is 37.6 Å². The van der Waals surface area contributed by atoms with Crippen molar-refractivity contribution in [1.82, 2.24) is 9.88 Å². The van der Waals surface area contributed by atoms with Crippen LogP contribution in [0.2, 0.25) is 0 Å². The highest BCUT2D eigenvalue weighted by molar-refractivity contribution is 6.62. The maximum absolute atomic E-state index is 13.2. The molecule has 1 amide bonds. The Labute approximate surface area is 146 Å². The second-order valence-corrected chi connectivity index (χ2v) is 7.71. The number of halogens is 2. The number of hydrogen-bond acceptors (Lipinski definition) is 4. The molecule has 0 spiro atoms. The van der Waals surface area contributed by atoms with E-state index in [1.807, 2.05) is 27.7 Å². The first-order chi connectivity index (χ1) is 11.5. The van der Waals surface area contributed by atoms with Gasteiger partial charge >= 0.3 is 7.12 Å². The lowest BCUT2D eigenvalue weighted by molar-refractivity contribution is -0.0495. The van der Waals surface area contributed by atoms with Crippen LogP contribution in [0.1, 0.15) is 51.0 Å². The molecule has 0 radical (unpaired) electrons. The monoisotopic (exact) mass is 352 g/mol.